The van der Waals surface area contributed by atoms with Crippen molar-refractivity contribution in [2.75, 3.05) is 0 Å². The second kappa shape index (κ2) is 2.08. The van der Waals surface area contributed by atoms with Gasteiger partial charge in [0.2, 0.25) is 0 Å². The van der Waals surface area contributed by atoms with Crippen molar-refractivity contribution >= 4 is 0 Å². The van der Waals surface area contributed by atoms with Crippen molar-refractivity contribution in [1.29, 1.82) is 0 Å². The highest BCUT2D eigenvalue weighted by molar-refractivity contribution is 5.03. The first-order valence-corrected chi connectivity index (χ1v) is 4.39. The maximum atomic E-state index is 5.46. The molecular formula is C9H12O2. The van der Waals surface area contributed by atoms with Gasteiger partial charge in [-0.2, -0.15) is 0 Å². The summed E-state index contributed by atoms with van der Waals surface area (Å²) in [6.45, 7) is 0. The van der Waals surface area contributed by atoms with Crippen LogP contribution in [0.5, 0.6) is 0 Å². The molecule has 0 saturated carbocycles. The minimum Gasteiger partial charge on any atom is -0.369 e. The largest absolute Gasteiger partial charge is 0.369 e. The van der Waals surface area contributed by atoms with Crippen molar-refractivity contribution in [2.45, 2.75) is 43.7 Å². The zero-order valence-electron chi connectivity index (χ0n) is 6.40. The van der Waals surface area contributed by atoms with Crippen LogP contribution in [0.1, 0.15) is 19.3 Å². The summed E-state index contributed by atoms with van der Waals surface area (Å²) < 4.78 is 10.9. The second-order valence-corrected chi connectivity index (χ2v) is 3.60. The van der Waals surface area contributed by atoms with Crippen LogP contribution in [-0.2, 0) is 9.47 Å². The van der Waals surface area contributed by atoms with Crippen molar-refractivity contribution in [2.24, 2.45) is 0 Å². The lowest BCUT2D eigenvalue weighted by Gasteiger charge is -1.85. The van der Waals surface area contributed by atoms with Crippen molar-refractivity contribution in [3.8, 4) is 0 Å². The molecule has 0 spiro atoms. The van der Waals surface area contributed by atoms with E-state index in [1.807, 2.05) is 0 Å². The Hall–Kier alpha value is -0.340. The van der Waals surface area contributed by atoms with Gasteiger partial charge >= 0.3 is 0 Å². The van der Waals surface area contributed by atoms with E-state index in [1.54, 1.807) is 0 Å². The van der Waals surface area contributed by atoms with Crippen LogP contribution in [0.3, 0.4) is 0 Å². The van der Waals surface area contributed by atoms with Crippen molar-refractivity contribution < 1.29 is 9.47 Å². The molecule has 11 heavy (non-hydrogen) atoms. The summed E-state index contributed by atoms with van der Waals surface area (Å²) in [5, 5.41) is 0. The number of epoxide rings is 2. The summed E-state index contributed by atoms with van der Waals surface area (Å²) in [5.74, 6) is 0. The van der Waals surface area contributed by atoms with Crippen LogP contribution < -0.4 is 0 Å². The van der Waals surface area contributed by atoms with E-state index in [0.29, 0.717) is 24.4 Å². The Balaban J connectivity index is 1.71. The molecule has 2 heteroatoms. The highest BCUT2D eigenvalue weighted by atomic mass is 16.6. The molecule has 2 heterocycles. The summed E-state index contributed by atoms with van der Waals surface area (Å²) >= 11 is 0. The third-order valence-corrected chi connectivity index (χ3v) is 2.74. The molecule has 3 rings (SSSR count). The van der Waals surface area contributed by atoms with Crippen LogP contribution in [-0.4, -0.2) is 24.4 Å². The first-order chi connectivity index (χ1) is 5.43. The van der Waals surface area contributed by atoms with Gasteiger partial charge in [-0.1, -0.05) is 12.2 Å². The van der Waals surface area contributed by atoms with Crippen LogP contribution in [0.4, 0.5) is 0 Å². The van der Waals surface area contributed by atoms with Gasteiger partial charge in [-0.25, -0.2) is 0 Å². The Kier molecular flexibility index (Phi) is 1.17. The quantitative estimate of drug-likeness (QED) is 0.385. The van der Waals surface area contributed by atoms with Gasteiger partial charge in [0.15, 0.2) is 0 Å². The monoisotopic (exact) mass is 152 g/mol. The normalized spacial score (nSPS) is 53.1. The van der Waals surface area contributed by atoms with E-state index >= 15 is 0 Å². The minimum absolute atomic E-state index is 0.521. The fourth-order valence-electron chi connectivity index (χ4n) is 1.88. The smallest absolute Gasteiger partial charge is 0.0877 e. The zero-order valence-corrected chi connectivity index (χ0v) is 6.40. The minimum atomic E-state index is 0.521. The standard InChI is InChI=1S/C9H12O2/c1-2-4-7-9(11-7)5-8-6(3-1)10-8/h1-2,6-9H,3-5H2/t6-,7-,8-,9-/m1/s1. The number of hydrogen-bond donors (Lipinski definition) is 0. The average molecular weight is 152 g/mol. The van der Waals surface area contributed by atoms with Crippen molar-refractivity contribution in [3.63, 3.8) is 0 Å². The number of rotatable bonds is 0. The van der Waals surface area contributed by atoms with E-state index in [1.165, 1.54) is 0 Å². The maximum Gasteiger partial charge on any atom is 0.0877 e. The van der Waals surface area contributed by atoms with E-state index in [9.17, 15) is 0 Å². The van der Waals surface area contributed by atoms with Gasteiger partial charge in [0.1, 0.15) is 0 Å². The van der Waals surface area contributed by atoms with Crippen LogP contribution in [0.25, 0.3) is 0 Å². The predicted octanol–water partition coefficient (Wildman–Crippen LogP) is 1.26. The molecule has 0 radical (unpaired) electrons. The molecule has 0 amide bonds. The number of fused-ring (bicyclic) bond motifs is 2. The van der Waals surface area contributed by atoms with E-state index in [0.717, 1.165) is 19.3 Å². The maximum absolute atomic E-state index is 5.46. The molecule has 1 aliphatic carbocycles. The molecule has 60 valence electrons. The van der Waals surface area contributed by atoms with Gasteiger partial charge in [0.05, 0.1) is 24.4 Å². The molecule has 0 N–H and O–H groups in total. The Bertz CT molecular complexity index is 180. The number of ether oxygens (including phenoxy) is 2. The number of hydrogen-bond acceptors (Lipinski definition) is 2. The van der Waals surface area contributed by atoms with Crippen LogP contribution >= 0.6 is 0 Å². The lowest BCUT2D eigenvalue weighted by molar-refractivity contribution is 0.325. The molecule has 0 unspecified atom stereocenters. The fourth-order valence-corrected chi connectivity index (χ4v) is 1.88. The van der Waals surface area contributed by atoms with Gasteiger partial charge in [-0.3, -0.25) is 0 Å². The van der Waals surface area contributed by atoms with E-state index in [-0.39, 0.29) is 0 Å². The molecule has 2 nitrogen and oxygen atoms in total. The van der Waals surface area contributed by atoms with E-state index in [4.69, 9.17) is 9.47 Å². The summed E-state index contributed by atoms with van der Waals surface area (Å²) in [4.78, 5) is 0. The van der Waals surface area contributed by atoms with Crippen LogP contribution in [0.2, 0.25) is 0 Å². The zero-order chi connectivity index (χ0) is 7.26. The molecule has 0 bridgehead atoms. The van der Waals surface area contributed by atoms with Crippen LogP contribution in [0.15, 0.2) is 12.2 Å². The predicted molar refractivity (Wildman–Crippen MR) is 40.3 cm³/mol. The molecule has 0 aromatic heterocycles. The SMILES string of the molecule is C1=CC[C@H]2O[C@@H]2C[C@H]2O[C@@H]2C1. The van der Waals surface area contributed by atoms with E-state index in [2.05, 4.69) is 12.2 Å². The molecule has 2 fully saturated rings. The summed E-state index contributed by atoms with van der Waals surface area (Å²) in [6.07, 6.45) is 9.91. The van der Waals surface area contributed by atoms with Gasteiger partial charge in [-0.05, 0) is 12.8 Å². The van der Waals surface area contributed by atoms with E-state index < -0.39 is 0 Å². The summed E-state index contributed by atoms with van der Waals surface area (Å²) in [5.41, 5.74) is 0. The Labute approximate surface area is 66.2 Å². The van der Waals surface area contributed by atoms with Crippen molar-refractivity contribution in [1.82, 2.24) is 0 Å². The fraction of sp³-hybridized carbons (Fsp3) is 0.778. The summed E-state index contributed by atoms with van der Waals surface area (Å²) in [7, 11) is 0. The third-order valence-electron chi connectivity index (χ3n) is 2.74. The van der Waals surface area contributed by atoms with Crippen molar-refractivity contribution in [3.05, 3.63) is 12.2 Å². The van der Waals surface area contributed by atoms with Gasteiger partial charge in [0, 0.05) is 6.42 Å². The Morgan fingerprint density at radius 1 is 0.818 bits per heavy atom. The third kappa shape index (κ3) is 1.10. The lowest BCUT2D eigenvalue weighted by Crippen LogP contribution is -1.99. The van der Waals surface area contributed by atoms with Gasteiger partial charge in [-0.15, -0.1) is 0 Å². The average Bonchev–Trinajstić information content (AvgIpc) is 2.87. The highest BCUT2D eigenvalue weighted by Crippen LogP contribution is 2.39. The Morgan fingerprint density at radius 3 is 1.91 bits per heavy atom. The molecule has 0 aromatic carbocycles. The molecule has 2 aliphatic heterocycles. The van der Waals surface area contributed by atoms with Gasteiger partial charge in [0.25, 0.3) is 0 Å². The Morgan fingerprint density at radius 2 is 1.36 bits per heavy atom. The molecule has 0 aromatic rings. The highest BCUT2D eigenvalue weighted by Gasteiger charge is 2.47. The van der Waals surface area contributed by atoms with Gasteiger partial charge < -0.3 is 9.47 Å². The molecular weight excluding hydrogens is 140 g/mol. The lowest BCUT2D eigenvalue weighted by atomic mass is 10.1. The molecule has 4 atom stereocenters. The topological polar surface area (TPSA) is 25.1 Å². The second-order valence-electron chi connectivity index (χ2n) is 3.60. The first kappa shape index (κ1) is 6.21. The molecule has 2 saturated heterocycles. The molecule has 3 aliphatic rings. The summed E-state index contributed by atoms with van der Waals surface area (Å²) in [6, 6.07) is 0. The van der Waals surface area contributed by atoms with Crippen LogP contribution in [0, 0.1) is 0 Å². The first-order valence-electron chi connectivity index (χ1n) is 4.39.